The molecular weight excluding hydrogens is 260 g/mol. The minimum atomic E-state index is 0.313. The Morgan fingerprint density at radius 1 is 0.571 bits per heavy atom. The maximum absolute atomic E-state index is 5.05. The fourth-order valence-electron chi connectivity index (χ4n) is 3.91. The summed E-state index contributed by atoms with van der Waals surface area (Å²) in [6.07, 6.45) is 14.8. The molecule has 0 aromatic heterocycles. The molecule has 3 rings (SSSR count). The topological polar surface area (TPSA) is 22.1 Å². The van der Waals surface area contributed by atoms with Gasteiger partial charge in [0.25, 0.3) is 0 Å². The van der Waals surface area contributed by atoms with E-state index in [1.165, 1.54) is 97.1 Å². The van der Waals surface area contributed by atoms with Crippen molar-refractivity contribution < 1.29 is 0 Å². The van der Waals surface area contributed by atoms with Crippen LogP contribution in [0.4, 0.5) is 0 Å². The van der Waals surface area contributed by atoms with Crippen LogP contribution in [0.1, 0.15) is 57.8 Å². The summed E-state index contributed by atoms with van der Waals surface area (Å²) >= 11 is 0. The lowest BCUT2D eigenvalue weighted by Crippen LogP contribution is -2.51. The number of nitrogens with zero attached hydrogens (tertiary/aromatic N) is 4. The van der Waals surface area contributed by atoms with Crippen molar-refractivity contribution in [1.29, 1.82) is 0 Å². The van der Waals surface area contributed by atoms with Gasteiger partial charge in [0.1, 0.15) is 0 Å². The zero-order chi connectivity index (χ0) is 14.3. The first kappa shape index (κ1) is 15.3. The SMILES string of the molecule is C(=N\C(N1CCCCC1)N1CCCCC1)/N1CCCCC1. The lowest BCUT2D eigenvalue weighted by Gasteiger charge is -2.41. The molecule has 120 valence electrons. The third kappa shape index (κ3) is 4.43. The first-order valence-electron chi connectivity index (χ1n) is 9.19. The molecule has 0 spiro atoms. The number of rotatable bonds is 4. The summed E-state index contributed by atoms with van der Waals surface area (Å²) in [4.78, 5) is 12.7. The van der Waals surface area contributed by atoms with E-state index in [-0.39, 0.29) is 0 Å². The normalized spacial score (nSPS) is 26.8. The van der Waals surface area contributed by atoms with Gasteiger partial charge in [-0.15, -0.1) is 0 Å². The molecule has 3 aliphatic heterocycles. The zero-order valence-corrected chi connectivity index (χ0v) is 13.6. The standard InChI is InChI=1S/C17H32N4/c1-4-10-19(11-5-1)16-18-17(20-12-6-2-7-13-20)21-14-8-3-9-15-21/h16-17H,1-15H2/b18-16+. The average molecular weight is 292 g/mol. The molecule has 0 amide bonds. The molecule has 4 nitrogen and oxygen atoms in total. The summed E-state index contributed by atoms with van der Waals surface area (Å²) in [5, 5.41) is 0. The van der Waals surface area contributed by atoms with Gasteiger partial charge in [0.15, 0.2) is 6.29 Å². The van der Waals surface area contributed by atoms with Crippen LogP contribution in [0.25, 0.3) is 0 Å². The molecule has 3 fully saturated rings. The van der Waals surface area contributed by atoms with Crippen molar-refractivity contribution in [3.05, 3.63) is 0 Å². The largest absolute Gasteiger partial charge is 0.363 e. The minimum Gasteiger partial charge on any atom is -0.363 e. The Hall–Kier alpha value is -0.610. The summed E-state index contributed by atoms with van der Waals surface area (Å²) in [6.45, 7) is 7.35. The number of hydrogen-bond acceptors (Lipinski definition) is 3. The smallest absolute Gasteiger partial charge is 0.160 e. The van der Waals surface area contributed by atoms with E-state index in [4.69, 9.17) is 4.99 Å². The molecule has 0 aliphatic carbocycles. The number of piperidine rings is 3. The molecule has 3 aliphatic rings. The van der Waals surface area contributed by atoms with Crippen LogP contribution >= 0.6 is 0 Å². The Bertz CT molecular complexity index is 295. The summed E-state index contributed by atoms with van der Waals surface area (Å²) in [5.74, 6) is 0. The van der Waals surface area contributed by atoms with Crippen LogP contribution in [-0.4, -0.2) is 66.6 Å². The van der Waals surface area contributed by atoms with Gasteiger partial charge in [0.05, 0.1) is 6.34 Å². The van der Waals surface area contributed by atoms with Gasteiger partial charge in [-0.05, 0) is 44.9 Å². The van der Waals surface area contributed by atoms with Crippen molar-refractivity contribution in [3.8, 4) is 0 Å². The third-order valence-electron chi connectivity index (χ3n) is 5.19. The minimum absolute atomic E-state index is 0.313. The van der Waals surface area contributed by atoms with Crippen LogP contribution < -0.4 is 0 Å². The van der Waals surface area contributed by atoms with Crippen LogP contribution in [0.3, 0.4) is 0 Å². The van der Waals surface area contributed by atoms with E-state index in [1.54, 1.807) is 0 Å². The van der Waals surface area contributed by atoms with Gasteiger partial charge in [0.2, 0.25) is 0 Å². The van der Waals surface area contributed by atoms with E-state index in [1.807, 2.05) is 0 Å². The highest BCUT2D eigenvalue weighted by molar-refractivity contribution is 5.55. The van der Waals surface area contributed by atoms with E-state index >= 15 is 0 Å². The second-order valence-electron chi connectivity index (χ2n) is 6.90. The molecule has 4 heteroatoms. The van der Waals surface area contributed by atoms with Gasteiger partial charge < -0.3 is 4.90 Å². The van der Waals surface area contributed by atoms with Crippen LogP contribution in [0, 0.1) is 0 Å². The fraction of sp³-hybridized carbons (Fsp3) is 0.941. The van der Waals surface area contributed by atoms with E-state index in [2.05, 4.69) is 21.0 Å². The van der Waals surface area contributed by atoms with Crippen LogP contribution in [0.2, 0.25) is 0 Å². The van der Waals surface area contributed by atoms with Crippen LogP contribution in [0.15, 0.2) is 4.99 Å². The Kier molecular flexibility index (Phi) is 5.92. The van der Waals surface area contributed by atoms with Crippen molar-refractivity contribution >= 4 is 6.34 Å². The van der Waals surface area contributed by atoms with Gasteiger partial charge in [-0.3, -0.25) is 9.80 Å². The Labute approximate surface area is 130 Å². The maximum Gasteiger partial charge on any atom is 0.160 e. The lowest BCUT2D eigenvalue weighted by atomic mass is 10.1. The van der Waals surface area contributed by atoms with Crippen molar-refractivity contribution in [2.75, 3.05) is 39.3 Å². The van der Waals surface area contributed by atoms with Crippen LogP contribution in [0.5, 0.6) is 0 Å². The Balaban J connectivity index is 1.63. The predicted octanol–water partition coefficient (Wildman–Crippen LogP) is 2.76. The summed E-state index contributed by atoms with van der Waals surface area (Å²) in [7, 11) is 0. The summed E-state index contributed by atoms with van der Waals surface area (Å²) in [6, 6.07) is 0. The van der Waals surface area contributed by atoms with Crippen molar-refractivity contribution in [2.45, 2.75) is 64.1 Å². The van der Waals surface area contributed by atoms with Gasteiger partial charge in [-0.2, -0.15) is 0 Å². The molecule has 0 aromatic carbocycles. The quantitative estimate of drug-likeness (QED) is 0.587. The Morgan fingerprint density at radius 2 is 1.00 bits per heavy atom. The zero-order valence-electron chi connectivity index (χ0n) is 13.6. The highest BCUT2D eigenvalue weighted by atomic mass is 15.4. The third-order valence-corrected chi connectivity index (χ3v) is 5.19. The maximum atomic E-state index is 5.05. The van der Waals surface area contributed by atoms with Crippen molar-refractivity contribution in [2.24, 2.45) is 4.99 Å². The Morgan fingerprint density at radius 3 is 1.48 bits per heavy atom. The monoisotopic (exact) mass is 292 g/mol. The molecule has 0 N–H and O–H groups in total. The summed E-state index contributed by atoms with van der Waals surface area (Å²) in [5.41, 5.74) is 0. The van der Waals surface area contributed by atoms with Gasteiger partial charge in [-0.1, -0.05) is 12.8 Å². The van der Waals surface area contributed by atoms with Crippen molar-refractivity contribution in [1.82, 2.24) is 14.7 Å². The molecule has 0 atom stereocenters. The van der Waals surface area contributed by atoms with E-state index in [0.29, 0.717) is 6.29 Å². The average Bonchev–Trinajstić information content (AvgIpc) is 2.58. The first-order valence-corrected chi connectivity index (χ1v) is 9.19. The molecular formula is C17H32N4. The van der Waals surface area contributed by atoms with Crippen LogP contribution in [-0.2, 0) is 0 Å². The lowest BCUT2D eigenvalue weighted by molar-refractivity contribution is 0.0226. The van der Waals surface area contributed by atoms with Gasteiger partial charge >= 0.3 is 0 Å². The van der Waals surface area contributed by atoms with E-state index in [9.17, 15) is 0 Å². The van der Waals surface area contributed by atoms with E-state index in [0.717, 1.165) is 0 Å². The molecule has 0 saturated carbocycles. The first-order chi connectivity index (χ1) is 10.4. The molecule has 0 unspecified atom stereocenters. The highest BCUT2D eigenvalue weighted by Gasteiger charge is 2.26. The number of hydrogen-bond donors (Lipinski definition) is 0. The highest BCUT2D eigenvalue weighted by Crippen LogP contribution is 2.20. The second kappa shape index (κ2) is 8.14. The molecule has 3 heterocycles. The summed E-state index contributed by atoms with van der Waals surface area (Å²) < 4.78 is 0. The van der Waals surface area contributed by atoms with E-state index < -0.39 is 0 Å². The second-order valence-corrected chi connectivity index (χ2v) is 6.90. The van der Waals surface area contributed by atoms with Gasteiger partial charge in [-0.25, -0.2) is 4.99 Å². The molecule has 0 bridgehead atoms. The molecule has 21 heavy (non-hydrogen) atoms. The number of likely N-dealkylation sites (tertiary alicyclic amines) is 3. The molecule has 0 radical (unpaired) electrons. The number of aliphatic imine (C=N–C) groups is 1. The molecule has 0 aromatic rings. The van der Waals surface area contributed by atoms with Crippen molar-refractivity contribution in [3.63, 3.8) is 0 Å². The molecule has 3 saturated heterocycles. The van der Waals surface area contributed by atoms with Gasteiger partial charge in [0, 0.05) is 39.3 Å². The predicted molar refractivity (Wildman–Crippen MR) is 88.6 cm³/mol. The fourth-order valence-corrected chi connectivity index (χ4v) is 3.91.